The van der Waals surface area contributed by atoms with E-state index in [-0.39, 0.29) is 65.4 Å². The topological polar surface area (TPSA) is 69.9 Å². The van der Waals surface area contributed by atoms with Gasteiger partial charge in [0, 0.05) is 65.4 Å². The third kappa shape index (κ3) is 7.81. The summed E-state index contributed by atoms with van der Waals surface area (Å²) in [6, 6.07) is 0. The van der Waals surface area contributed by atoms with Crippen LogP contribution < -0.4 is 0 Å². The number of hydrogen-bond donors (Lipinski definition) is 3. The fraction of sp³-hybridized carbons (Fsp3) is 0.273. The van der Waals surface area contributed by atoms with E-state index in [2.05, 4.69) is 50.3 Å². The zero-order chi connectivity index (χ0) is 20.1. The Hall–Kier alpha value is -0.0623. The monoisotopic (exact) mass is 549 g/mol. The summed E-state index contributed by atoms with van der Waals surface area (Å²) in [7, 11) is -0.800. The van der Waals surface area contributed by atoms with Gasteiger partial charge in [-0.25, -0.2) is 24.3 Å². The fourth-order valence-corrected chi connectivity index (χ4v) is 3.20. The molecule has 3 N–H and O–H groups in total. The SMILES string of the molecule is CC1=C[C-]=C(C2=[C-]C=C(C)C2)C1.O[B]OC1=C[C-]=C(C2=[C-]C=C(B(O)O)C2)C1.[Y].[Y]. The van der Waals surface area contributed by atoms with E-state index >= 15 is 0 Å². The predicted molar refractivity (Wildman–Crippen MR) is 108 cm³/mol. The van der Waals surface area contributed by atoms with Gasteiger partial charge in [-0.1, -0.05) is 20.3 Å². The maximum Gasteiger partial charge on any atom is 0.555 e. The van der Waals surface area contributed by atoms with Gasteiger partial charge in [0.15, 0.2) is 0 Å². The second kappa shape index (κ2) is 13.5. The molecule has 0 spiro atoms. The van der Waals surface area contributed by atoms with Crippen LogP contribution in [0.5, 0.6) is 0 Å². The molecule has 3 radical (unpaired) electrons. The first-order valence-electron chi connectivity index (χ1n) is 9.14. The number of hydrogen-bond acceptors (Lipinski definition) is 4. The predicted octanol–water partition coefficient (Wildman–Crippen LogP) is 2.76. The van der Waals surface area contributed by atoms with Crippen LogP contribution in [0.3, 0.4) is 0 Å². The van der Waals surface area contributed by atoms with E-state index in [9.17, 15) is 0 Å². The summed E-state index contributed by atoms with van der Waals surface area (Å²) in [4.78, 5) is 0. The standard InChI is InChI=1S/C12H12.C10H9B2O4.2Y/c1-9-3-5-11(7-9)12-6-4-10(2)8-12;13-11-16-10-4-2-8(6-10)7-1-3-9(5-7)12(14)15;;/h3-4H,7-8H2,1-2H3;3-4,13-15H,5-6H2;;/q2*-2;;. The summed E-state index contributed by atoms with van der Waals surface area (Å²) in [6.07, 6.45) is 23.1. The van der Waals surface area contributed by atoms with Crippen molar-refractivity contribution >= 4 is 14.8 Å². The van der Waals surface area contributed by atoms with Crippen LogP contribution in [0.4, 0.5) is 0 Å². The van der Waals surface area contributed by atoms with Crippen molar-refractivity contribution in [2.45, 2.75) is 39.5 Å². The zero-order valence-corrected chi connectivity index (χ0v) is 22.9. The molecule has 4 aliphatic rings. The van der Waals surface area contributed by atoms with Crippen LogP contribution >= 0.6 is 0 Å². The molecule has 0 saturated carbocycles. The minimum atomic E-state index is -1.43. The summed E-state index contributed by atoms with van der Waals surface area (Å²) >= 11 is 0. The van der Waals surface area contributed by atoms with Gasteiger partial charge >= 0.3 is 14.8 Å². The van der Waals surface area contributed by atoms with E-state index in [0.717, 1.165) is 24.0 Å². The molecule has 0 aromatic carbocycles. The van der Waals surface area contributed by atoms with E-state index in [1.54, 1.807) is 12.2 Å². The summed E-state index contributed by atoms with van der Waals surface area (Å²) in [5.74, 6) is 0.602. The maximum atomic E-state index is 8.98. The summed E-state index contributed by atoms with van der Waals surface area (Å²) in [6.45, 7) is 4.30. The minimum absolute atomic E-state index is 0. The molecule has 0 saturated heterocycles. The molecule has 0 bridgehead atoms. The van der Waals surface area contributed by atoms with Crippen LogP contribution in [0, 0.1) is 24.3 Å². The van der Waals surface area contributed by atoms with Crippen LogP contribution in [0.2, 0.25) is 0 Å². The van der Waals surface area contributed by atoms with Crippen molar-refractivity contribution in [3.05, 3.63) is 93.3 Å². The first-order valence-corrected chi connectivity index (χ1v) is 9.14. The Morgan fingerprint density at radius 1 is 0.767 bits per heavy atom. The molecular formula is C22H21B2O4Y2-4. The van der Waals surface area contributed by atoms with Crippen molar-refractivity contribution in [3.63, 3.8) is 0 Å². The third-order valence-corrected chi connectivity index (χ3v) is 4.73. The van der Waals surface area contributed by atoms with Crippen LogP contribution in [-0.2, 0) is 70.1 Å². The van der Waals surface area contributed by atoms with Gasteiger partial charge in [0.25, 0.3) is 0 Å². The molecule has 0 fully saturated rings. The Morgan fingerprint density at radius 3 is 1.67 bits per heavy atom. The van der Waals surface area contributed by atoms with Gasteiger partial charge in [-0.2, -0.15) is 35.5 Å². The molecule has 0 aromatic heterocycles. The minimum Gasteiger partial charge on any atom is -0.604 e. The van der Waals surface area contributed by atoms with Crippen molar-refractivity contribution in [2.24, 2.45) is 0 Å². The van der Waals surface area contributed by atoms with Crippen LogP contribution in [0.1, 0.15) is 39.5 Å². The van der Waals surface area contributed by atoms with Crippen molar-refractivity contribution in [2.75, 3.05) is 0 Å². The van der Waals surface area contributed by atoms with Gasteiger partial charge in [-0.05, 0) is 5.76 Å². The molecule has 0 amide bonds. The van der Waals surface area contributed by atoms with Gasteiger partial charge in [-0.3, -0.25) is 22.3 Å². The Morgan fingerprint density at radius 2 is 1.23 bits per heavy atom. The van der Waals surface area contributed by atoms with Gasteiger partial charge in [-0.15, -0.1) is 24.7 Å². The van der Waals surface area contributed by atoms with E-state index in [1.165, 1.54) is 22.3 Å². The molecule has 0 aliphatic heterocycles. The van der Waals surface area contributed by atoms with Gasteiger partial charge in [0.2, 0.25) is 0 Å². The van der Waals surface area contributed by atoms with E-state index in [0.29, 0.717) is 31.8 Å². The summed E-state index contributed by atoms with van der Waals surface area (Å²) in [5, 5.41) is 26.4. The Labute approximate surface area is 230 Å². The largest absolute Gasteiger partial charge is 0.604 e. The van der Waals surface area contributed by atoms with Crippen molar-refractivity contribution in [3.8, 4) is 0 Å². The normalized spacial score (nSPS) is 18.7. The molecule has 0 atom stereocenters. The number of rotatable bonds is 5. The smallest absolute Gasteiger partial charge is 0.555 e. The summed E-state index contributed by atoms with van der Waals surface area (Å²) < 4.78 is 4.82. The van der Waals surface area contributed by atoms with Crippen molar-refractivity contribution < 1.29 is 85.1 Å². The molecule has 8 heteroatoms. The maximum absolute atomic E-state index is 8.98. The molecule has 0 unspecified atom stereocenters. The number of allylic oxidation sites excluding steroid dienone is 15. The van der Waals surface area contributed by atoms with Gasteiger partial charge < -0.3 is 19.7 Å². The Kier molecular flexibility index (Phi) is 12.6. The molecule has 149 valence electrons. The molecule has 4 nitrogen and oxygen atoms in total. The van der Waals surface area contributed by atoms with Gasteiger partial charge in [0.05, 0.1) is 0 Å². The van der Waals surface area contributed by atoms with Crippen molar-refractivity contribution in [1.82, 2.24) is 0 Å². The fourth-order valence-electron chi connectivity index (χ4n) is 3.20. The second-order valence-electron chi connectivity index (χ2n) is 7.11. The first-order chi connectivity index (χ1) is 13.5. The molecule has 4 rings (SSSR count). The Balaban J connectivity index is 0.000000290. The van der Waals surface area contributed by atoms with Crippen LogP contribution in [0.15, 0.2) is 69.0 Å². The Bertz CT molecular complexity index is 857. The molecule has 0 heterocycles. The zero-order valence-electron chi connectivity index (χ0n) is 17.2. The molecule has 4 aliphatic carbocycles. The van der Waals surface area contributed by atoms with E-state index in [1.807, 2.05) is 0 Å². The molecule has 30 heavy (non-hydrogen) atoms. The average molecular weight is 549 g/mol. The molecule has 0 aromatic rings. The second-order valence-corrected chi connectivity index (χ2v) is 7.11. The van der Waals surface area contributed by atoms with E-state index < -0.39 is 7.12 Å². The average Bonchev–Trinajstić information content (AvgIpc) is 3.42. The van der Waals surface area contributed by atoms with Crippen LogP contribution in [0.25, 0.3) is 0 Å². The summed E-state index contributed by atoms with van der Waals surface area (Å²) in [5.41, 5.74) is 7.76. The third-order valence-electron chi connectivity index (χ3n) is 4.73. The first kappa shape index (κ1) is 28.0. The van der Waals surface area contributed by atoms with E-state index in [4.69, 9.17) is 19.7 Å². The quantitative estimate of drug-likeness (QED) is 0.365. The molecular weight excluding hydrogens is 528 g/mol. The van der Waals surface area contributed by atoms with Crippen LogP contribution in [-0.4, -0.2) is 29.9 Å². The van der Waals surface area contributed by atoms with Crippen molar-refractivity contribution in [1.29, 1.82) is 0 Å². The van der Waals surface area contributed by atoms with Gasteiger partial charge in [0.1, 0.15) is 0 Å².